The molecule has 0 spiro atoms. The maximum atomic E-state index is 6.57. The third kappa shape index (κ3) is 7.43. The number of para-hydroxylation sites is 1. The number of fused-ring (bicyclic) bond motifs is 9. The summed E-state index contributed by atoms with van der Waals surface area (Å²) >= 11 is 0. The van der Waals surface area contributed by atoms with Crippen molar-refractivity contribution in [3.05, 3.63) is 157 Å². The van der Waals surface area contributed by atoms with Crippen LogP contribution in [0.2, 0.25) is 0 Å². The zero-order chi connectivity index (χ0) is 41.1. The number of pyridine rings is 1. The second-order valence-corrected chi connectivity index (χ2v) is 16.5. The summed E-state index contributed by atoms with van der Waals surface area (Å²) in [4.78, 5) is 20.5. The van der Waals surface area contributed by atoms with Gasteiger partial charge in [-0.05, 0) is 111 Å². The topological polar surface area (TPSA) is 64.7 Å². The second-order valence-electron chi connectivity index (χ2n) is 16.5. The molecule has 61 heavy (non-hydrogen) atoms. The molecular weight excluding hydrogens is 745 g/mol. The molecule has 0 atom stereocenters. The molecule has 0 radical (unpaired) electrons. The summed E-state index contributed by atoms with van der Waals surface area (Å²) in [5.41, 5.74) is 9.76. The van der Waals surface area contributed by atoms with Crippen molar-refractivity contribution in [2.24, 2.45) is 0 Å². The molecule has 0 bridgehead atoms. The van der Waals surface area contributed by atoms with E-state index in [0.717, 1.165) is 75.7 Å². The van der Waals surface area contributed by atoms with E-state index in [-0.39, 0.29) is 0 Å². The second kappa shape index (κ2) is 17.1. The molecule has 0 aliphatic heterocycles. The molecular formula is C56H50N4O. The van der Waals surface area contributed by atoms with Crippen LogP contribution in [0.15, 0.2) is 150 Å². The minimum atomic E-state index is 0.672. The molecule has 0 saturated heterocycles. The Kier molecular flexibility index (Phi) is 10.8. The number of rotatable bonds is 14. The SMILES string of the molecule is CCCCCCc1cc2c3cc4oc5ccccc5c4cc3c3ccccc3c2c(CCCCCC)c1-c1nc(-c2ccccc2)nc(-c2ccc(-c3cccnc3)cc2)n1. The molecule has 0 saturated carbocycles. The highest BCUT2D eigenvalue weighted by molar-refractivity contribution is 6.29. The Morgan fingerprint density at radius 2 is 1.05 bits per heavy atom. The van der Waals surface area contributed by atoms with Crippen LogP contribution < -0.4 is 0 Å². The quantitative estimate of drug-likeness (QED) is 0.0810. The molecule has 5 nitrogen and oxygen atoms in total. The molecule has 0 unspecified atom stereocenters. The van der Waals surface area contributed by atoms with Gasteiger partial charge in [0.05, 0.1) is 0 Å². The van der Waals surface area contributed by atoms with E-state index in [1.807, 2.05) is 24.5 Å². The smallest absolute Gasteiger partial charge is 0.164 e. The first-order valence-electron chi connectivity index (χ1n) is 22.3. The van der Waals surface area contributed by atoms with Gasteiger partial charge in [-0.25, -0.2) is 15.0 Å². The number of aryl methyl sites for hydroxylation is 2. The summed E-state index contributed by atoms with van der Waals surface area (Å²) in [5, 5.41) is 9.89. The normalized spacial score (nSPS) is 11.8. The summed E-state index contributed by atoms with van der Waals surface area (Å²) in [5.74, 6) is 2.10. The summed E-state index contributed by atoms with van der Waals surface area (Å²) < 4.78 is 6.57. The van der Waals surface area contributed by atoms with Gasteiger partial charge >= 0.3 is 0 Å². The molecule has 10 rings (SSSR count). The first-order valence-corrected chi connectivity index (χ1v) is 22.3. The third-order valence-electron chi connectivity index (χ3n) is 12.4. The average molecular weight is 795 g/mol. The van der Waals surface area contributed by atoms with Crippen LogP contribution in [0.1, 0.15) is 76.3 Å². The number of hydrogen-bond donors (Lipinski definition) is 0. The van der Waals surface area contributed by atoms with Gasteiger partial charge in [-0.1, -0.05) is 156 Å². The van der Waals surface area contributed by atoms with Crippen molar-refractivity contribution >= 4 is 54.3 Å². The maximum Gasteiger partial charge on any atom is 0.164 e. The fourth-order valence-electron chi connectivity index (χ4n) is 9.35. The van der Waals surface area contributed by atoms with E-state index < -0.39 is 0 Å². The van der Waals surface area contributed by atoms with Crippen LogP contribution in [0.3, 0.4) is 0 Å². The zero-order valence-electron chi connectivity index (χ0n) is 35.1. The van der Waals surface area contributed by atoms with Crippen LogP contribution in [0.4, 0.5) is 0 Å². The molecule has 0 N–H and O–H groups in total. The number of unbranched alkanes of at least 4 members (excludes halogenated alkanes) is 6. The molecule has 5 heteroatoms. The van der Waals surface area contributed by atoms with E-state index in [2.05, 4.69) is 140 Å². The highest BCUT2D eigenvalue weighted by Crippen LogP contribution is 2.45. The lowest BCUT2D eigenvalue weighted by Crippen LogP contribution is -2.06. The first-order chi connectivity index (χ1) is 30.2. The van der Waals surface area contributed by atoms with Gasteiger partial charge in [-0.2, -0.15) is 0 Å². The van der Waals surface area contributed by atoms with Crippen molar-refractivity contribution < 1.29 is 4.42 Å². The molecule has 3 aromatic heterocycles. The molecule has 0 fully saturated rings. The van der Waals surface area contributed by atoms with E-state index in [1.165, 1.54) is 87.5 Å². The Morgan fingerprint density at radius 1 is 0.426 bits per heavy atom. The van der Waals surface area contributed by atoms with E-state index in [0.29, 0.717) is 11.6 Å². The lowest BCUT2D eigenvalue weighted by molar-refractivity contribution is 0.663. The molecule has 0 amide bonds. The van der Waals surface area contributed by atoms with E-state index in [1.54, 1.807) is 0 Å². The third-order valence-corrected chi connectivity index (χ3v) is 12.4. The lowest BCUT2D eigenvalue weighted by atomic mass is 9.83. The number of furan rings is 1. The standard InChI is InChI=1S/C56H50N4O/c1-3-5-7-10-21-40-33-49-47-35-51-48(43-24-16-17-27-50(43)61-51)34-46(47)42-23-14-15-25-44(42)53(49)45(26-13-8-6-4-2)52(40)56-59-54(38-19-11-9-12-20-38)58-55(60-56)39-30-28-37(29-31-39)41-22-18-32-57-36-41/h9,11-12,14-20,22-25,27-36H,3-8,10,13,21,26H2,1-2H3. The molecule has 300 valence electrons. The van der Waals surface area contributed by atoms with Gasteiger partial charge in [0.1, 0.15) is 11.2 Å². The predicted molar refractivity (Wildman–Crippen MR) is 255 cm³/mol. The van der Waals surface area contributed by atoms with Crippen molar-refractivity contribution in [1.82, 2.24) is 19.9 Å². The van der Waals surface area contributed by atoms with Gasteiger partial charge in [0.15, 0.2) is 17.5 Å². The van der Waals surface area contributed by atoms with E-state index in [4.69, 9.17) is 19.4 Å². The van der Waals surface area contributed by atoms with Crippen LogP contribution in [0, 0.1) is 0 Å². The van der Waals surface area contributed by atoms with Crippen LogP contribution in [-0.2, 0) is 12.8 Å². The van der Waals surface area contributed by atoms with Crippen LogP contribution in [-0.4, -0.2) is 19.9 Å². The molecule has 0 aliphatic rings. The summed E-state index contributed by atoms with van der Waals surface area (Å²) in [6.07, 6.45) is 14.9. The van der Waals surface area contributed by atoms with Gasteiger partial charge in [-0.15, -0.1) is 0 Å². The lowest BCUT2D eigenvalue weighted by Gasteiger charge is -2.21. The Labute approximate surface area is 357 Å². The Balaban J connectivity index is 1.27. The number of benzene rings is 7. The van der Waals surface area contributed by atoms with Crippen molar-refractivity contribution in [3.8, 4) is 45.3 Å². The highest BCUT2D eigenvalue weighted by Gasteiger charge is 2.24. The largest absolute Gasteiger partial charge is 0.456 e. The average Bonchev–Trinajstić information content (AvgIpc) is 3.69. The number of aromatic nitrogens is 4. The first kappa shape index (κ1) is 38.5. The van der Waals surface area contributed by atoms with Crippen molar-refractivity contribution in [3.63, 3.8) is 0 Å². The molecule has 10 aromatic rings. The minimum absolute atomic E-state index is 0.672. The predicted octanol–water partition coefficient (Wildman–Crippen LogP) is 15.5. The fraction of sp³-hybridized carbons (Fsp3) is 0.214. The number of hydrogen-bond acceptors (Lipinski definition) is 5. The number of nitrogens with zero attached hydrogens (tertiary/aromatic N) is 4. The van der Waals surface area contributed by atoms with Crippen LogP contribution in [0.25, 0.3) is 99.5 Å². The van der Waals surface area contributed by atoms with Crippen molar-refractivity contribution in [2.45, 2.75) is 78.1 Å². The molecule has 7 aromatic carbocycles. The minimum Gasteiger partial charge on any atom is -0.456 e. The van der Waals surface area contributed by atoms with Gasteiger partial charge in [-0.3, -0.25) is 4.98 Å². The van der Waals surface area contributed by atoms with Crippen molar-refractivity contribution in [2.75, 3.05) is 0 Å². The fourth-order valence-corrected chi connectivity index (χ4v) is 9.35. The highest BCUT2D eigenvalue weighted by atomic mass is 16.3. The summed E-state index contributed by atoms with van der Waals surface area (Å²) in [7, 11) is 0. The zero-order valence-corrected chi connectivity index (χ0v) is 35.1. The monoisotopic (exact) mass is 794 g/mol. The summed E-state index contributed by atoms with van der Waals surface area (Å²) in [6.45, 7) is 4.57. The van der Waals surface area contributed by atoms with Gasteiger partial charge in [0.25, 0.3) is 0 Å². The van der Waals surface area contributed by atoms with E-state index in [9.17, 15) is 0 Å². The maximum absolute atomic E-state index is 6.57. The molecule has 3 heterocycles. The van der Waals surface area contributed by atoms with E-state index >= 15 is 0 Å². The van der Waals surface area contributed by atoms with Gasteiger partial charge < -0.3 is 4.42 Å². The summed E-state index contributed by atoms with van der Waals surface area (Å²) in [6, 6.07) is 47.6. The van der Waals surface area contributed by atoms with Gasteiger partial charge in [0, 0.05) is 39.9 Å². The Hall–Kier alpha value is -6.72. The van der Waals surface area contributed by atoms with Crippen LogP contribution in [0.5, 0.6) is 0 Å². The van der Waals surface area contributed by atoms with Crippen molar-refractivity contribution in [1.29, 1.82) is 0 Å². The Bertz CT molecular complexity index is 3150. The van der Waals surface area contributed by atoms with Gasteiger partial charge in [0.2, 0.25) is 0 Å². The Morgan fingerprint density at radius 3 is 1.79 bits per heavy atom. The van der Waals surface area contributed by atoms with Crippen LogP contribution >= 0.6 is 0 Å². The molecule has 0 aliphatic carbocycles.